The van der Waals surface area contributed by atoms with Gasteiger partial charge in [0, 0.05) is 15.4 Å². The predicted octanol–water partition coefficient (Wildman–Crippen LogP) is 5.28. The van der Waals surface area contributed by atoms with E-state index in [9.17, 15) is 5.26 Å². The van der Waals surface area contributed by atoms with Crippen molar-refractivity contribution < 1.29 is 0 Å². The predicted molar refractivity (Wildman–Crippen MR) is 90.8 cm³/mol. The summed E-state index contributed by atoms with van der Waals surface area (Å²) in [7, 11) is 0. The molecule has 0 radical (unpaired) electrons. The van der Waals surface area contributed by atoms with Crippen LogP contribution in [0.5, 0.6) is 0 Å². The van der Waals surface area contributed by atoms with Gasteiger partial charge in [-0.3, -0.25) is 0 Å². The van der Waals surface area contributed by atoms with Crippen LogP contribution in [0, 0.1) is 11.3 Å². The number of nitrogens with zero attached hydrogens (tertiary/aromatic N) is 1. The molecule has 110 valence electrons. The van der Waals surface area contributed by atoms with E-state index in [4.69, 9.17) is 0 Å². The fourth-order valence-electron chi connectivity index (χ4n) is 2.19. The molecule has 0 aliphatic heterocycles. The molecule has 1 N–H and O–H groups in total. The van der Waals surface area contributed by atoms with E-state index in [1.54, 1.807) is 0 Å². The minimum atomic E-state index is -0.437. The molecule has 0 amide bonds. The lowest BCUT2D eigenvalue weighted by Gasteiger charge is -2.18. The van der Waals surface area contributed by atoms with Gasteiger partial charge in [-0.15, -0.1) is 11.3 Å². The standard InChI is InChI=1S/C18H22N2S/c1-5-16-10-11-17(21-16)13(2)20-15-8-6-14(7-9-15)18(3,4)12-19/h6-11,13,20H,5H2,1-4H3. The molecule has 0 saturated carbocycles. The quantitative estimate of drug-likeness (QED) is 0.814. The zero-order valence-corrected chi connectivity index (χ0v) is 13.9. The maximum Gasteiger partial charge on any atom is 0.0766 e. The molecule has 0 bridgehead atoms. The highest BCUT2D eigenvalue weighted by Gasteiger charge is 2.19. The SMILES string of the molecule is CCc1ccc(C(C)Nc2ccc(C(C)(C)C#N)cc2)s1. The first-order valence-corrected chi connectivity index (χ1v) is 8.15. The third-order valence-electron chi connectivity index (χ3n) is 3.73. The summed E-state index contributed by atoms with van der Waals surface area (Å²) in [5.41, 5.74) is 1.70. The van der Waals surface area contributed by atoms with Crippen LogP contribution in [0.4, 0.5) is 5.69 Å². The monoisotopic (exact) mass is 298 g/mol. The topological polar surface area (TPSA) is 35.8 Å². The minimum absolute atomic E-state index is 0.296. The van der Waals surface area contributed by atoms with Crippen molar-refractivity contribution in [3.63, 3.8) is 0 Å². The van der Waals surface area contributed by atoms with Gasteiger partial charge in [0.05, 0.1) is 17.5 Å². The second-order valence-corrected chi connectivity index (χ2v) is 7.04. The zero-order valence-electron chi connectivity index (χ0n) is 13.1. The molecule has 0 saturated heterocycles. The second kappa shape index (κ2) is 6.32. The molecule has 1 aromatic carbocycles. The Hall–Kier alpha value is -1.79. The zero-order chi connectivity index (χ0) is 15.5. The molecule has 2 nitrogen and oxygen atoms in total. The van der Waals surface area contributed by atoms with Crippen LogP contribution in [0.3, 0.4) is 0 Å². The number of aryl methyl sites for hydroxylation is 1. The van der Waals surface area contributed by atoms with Crippen LogP contribution in [0.25, 0.3) is 0 Å². The first-order valence-electron chi connectivity index (χ1n) is 7.33. The Morgan fingerprint density at radius 3 is 2.38 bits per heavy atom. The van der Waals surface area contributed by atoms with Crippen molar-refractivity contribution in [3.05, 3.63) is 51.7 Å². The van der Waals surface area contributed by atoms with E-state index in [1.807, 2.05) is 37.3 Å². The van der Waals surface area contributed by atoms with Crippen molar-refractivity contribution in [1.82, 2.24) is 0 Å². The third kappa shape index (κ3) is 3.65. The fraction of sp³-hybridized carbons (Fsp3) is 0.389. The summed E-state index contributed by atoms with van der Waals surface area (Å²) in [4.78, 5) is 2.78. The number of thiophene rings is 1. The lowest BCUT2D eigenvalue weighted by molar-refractivity contribution is 0.687. The van der Waals surface area contributed by atoms with E-state index in [0.29, 0.717) is 6.04 Å². The normalized spacial score (nSPS) is 12.7. The van der Waals surface area contributed by atoms with Crippen molar-refractivity contribution in [2.24, 2.45) is 0 Å². The van der Waals surface area contributed by atoms with Crippen molar-refractivity contribution in [2.45, 2.75) is 45.6 Å². The maximum absolute atomic E-state index is 9.17. The molecular formula is C18H22N2S. The molecular weight excluding hydrogens is 276 g/mol. The summed E-state index contributed by atoms with van der Waals surface area (Å²) in [5.74, 6) is 0. The molecule has 1 heterocycles. The molecule has 2 rings (SSSR count). The van der Waals surface area contributed by atoms with Gasteiger partial charge in [-0.25, -0.2) is 0 Å². The molecule has 3 heteroatoms. The highest BCUT2D eigenvalue weighted by Crippen LogP contribution is 2.28. The number of hydrogen-bond acceptors (Lipinski definition) is 3. The molecule has 2 aromatic rings. The molecule has 0 spiro atoms. The first kappa shape index (κ1) is 15.6. The Kier molecular flexibility index (Phi) is 4.69. The Bertz CT molecular complexity index is 632. The lowest BCUT2D eigenvalue weighted by atomic mass is 9.86. The van der Waals surface area contributed by atoms with E-state index in [-0.39, 0.29) is 0 Å². The van der Waals surface area contributed by atoms with Gasteiger partial charge in [-0.05, 0) is 57.0 Å². The highest BCUT2D eigenvalue weighted by atomic mass is 32.1. The maximum atomic E-state index is 9.17. The van der Waals surface area contributed by atoms with E-state index in [0.717, 1.165) is 17.7 Å². The number of benzene rings is 1. The van der Waals surface area contributed by atoms with Crippen molar-refractivity contribution in [2.75, 3.05) is 5.32 Å². The summed E-state index contributed by atoms with van der Waals surface area (Å²) in [6.07, 6.45) is 1.09. The Labute approximate surface area is 131 Å². The summed E-state index contributed by atoms with van der Waals surface area (Å²) < 4.78 is 0. The summed E-state index contributed by atoms with van der Waals surface area (Å²) >= 11 is 1.87. The average molecular weight is 298 g/mol. The Morgan fingerprint density at radius 2 is 1.86 bits per heavy atom. The van der Waals surface area contributed by atoms with Crippen molar-refractivity contribution >= 4 is 17.0 Å². The van der Waals surface area contributed by atoms with Gasteiger partial charge in [-0.1, -0.05) is 19.1 Å². The van der Waals surface area contributed by atoms with Crippen LogP contribution in [-0.4, -0.2) is 0 Å². The highest BCUT2D eigenvalue weighted by molar-refractivity contribution is 7.12. The Morgan fingerprint density at radius 1 is 1.19 bits per heavy atom. The van der Waals surface area contributed by atoms with Gasteiger partial charge in [0.2, 0.25) is 0 Å². The van der Waals surface area contributed by atoms with Crippen molar-refractivity contribution in [1.29, 1.82) is 5.26 Å². The molecule has 0 fully saturated rings. The number of hydrogen-bond donors (Lipinski definition) is 1. The van der Waals surface area contributed by atoms with Gasteiger partial charge in [0.1, 0.15) is 0 Å². The van der Waals surface area contributed by atoms with Gasteiger partial charge < -0.3 is 5.32 Å². The molecule has 1 aromatic heterocycles. The van der Waals surface area contributed by atoms with Crippen LogP contribution < -0.4 is 5.32 Å². The summed E-state index contributed by atoms with van der Waals surface area (Å²) in [6, 6.07) is 15.2. The van der Waals surface area contributed by atoms with E-state index in [2.05, 4.69) is 49.5 Å². The van der Waals surface area contributed by atoms with Crippen LogP contribution in [0.1, 0.15) is 49.1 Å². The lowest BCUT2D eigenvalue weighted by Crippen LogP contribution is -2.13. The fourth-order valence-corrected chi connectivity index (χ4v) is 3.14. The molecule has 1 unspecified atom stereocenters. The van der Waals surface area contributed by atoms with Crippen LogP contribution in [-0.2, 0) is 11.8 Å². The van der Waals surface area contributed by atoms with Crippen LogP contribution in [0.2, 0.25) is 0 Å². The van der Waals surface area contributed by atoms with E-state index in [1.165, 1.54) is 9.75 Å². The number of nitrogens with one attached hydrogen (secondary N) is 1. The van der Waals surface area contributed by atoms with E-state index < -0.39 is 5.41 Å². The van der Waals surface area contributed by atoms with Gasteiger partial charge in [0.25, 0.3) is 0 Å². The minimum Gasteiger partial charge on any atom is -0.378 e. The average Bonchev–Trinajstić information content (AvgIpc) is 2.97. The number of nitriles is 1. The van der Waals surface area contributed by atoms with Crippen LogP contribution >= 0.6 is 11.3 Å². The molecule has 0 aliphatic rings. The largest absolute Gasteiger partial charge is 0.378 e. The smallest absolute Gasteiger partial charge is 0.0766 e. The van der Waals surface area contributed by atoms with E-state index >= 15 is 0 Å². The first-order chi connectivity index (χ1) is 9.96. The van der Waals surface area contributed by atoms with Crippen LogP contribution in [0.15, 0.2) is 36.4 Å². The molecule has 0 aliphatic carbocycles. The van der Waals surface area contributed by atoms with Gasteiger partial charge >= 0.3 is 0 Å². The Balaban J connectivity index is 2.08. The summed E-state index contributed by atoms with van der Waals surface area (Å²) in [5, 5.41) is 12.7. The number of rotatable bonds is 5. The van der Waals surface area contributed by atoms with Crippen molar-refractivity contribution in [3.8, 4) is 6.07 Å². The third-order valence-corrected chi connectivity index (χ3v) is 5.14. The summed E-state index contributed by atoms with van der Waals surface area (Å²) in [6.45, 7) is 8.24. The molecule has 1 atom stereocenters. The number of anilines is 1. The second-order valence-electron chi connectivity index (χ2n) is 5.84. The van der Waals surface area contributed by atoms with Gasteiger partial charge in [0.15, 0.2) is 0 Å². The molecule has 21 heavy (non-hydrogen) atoms. The van der Waals surface area contributed by atoms with Gasteiger partial charge in [-0.2, -0.15) is 5.26 Å².